The molecule has 1 fully saturated rings. The van der Waals surface area contributed by atoms with Crippen LogP contribution in [0, 0.1) is 5.92 Å². The number of thiophene rings is 1. The third-order valence-electron chi connectivity index (χ3n) is 4.22. The van der Waals surface area contributed by atoms with E-state index in [4.69, 9.17) is 10.6 Å². The summed E-state index contributed by atoms with van der Waals surface area (Å²) in [5, 5.41) is 0. The molecule has 2 heterocycles. The number of nitrogens with one attached hydrogen (secondary N) is 1. The summed E-state index contributed by atoms with van der Waals surface area (Å²) in [5.41, 5.74) is 4.60. The molecule has 1 aliphatic carbocycles. The molecule has 3 nitrogen and oxygen atoms in total. The van der Waals surface area contributed by atoms with Crippen LogP contribution in [0.15, 0.2) is 6.07 Å². The monoisotopic (exact) mass is 266 g/mol. The minimum absolute atomic E-state index is 0.337. The first-order valence-corrected chi connectivity index (χ1v) is 7.84. The molecule has 3 N–H and O–H groups in total. The Morgan fingerprint density at radius 1 is 1.39 bits per heavy atom. The highest BCUT2D eigenvalue weighted by molar-refractivity contribution is 7.12. The molecule has 100 valence electrons. The Morgan fingerprint density at radius 3 is 2.94 bits per heavy atom. The fourth-order valence-electron chi connectivity index (χ4n) is 3.11. The molecule has 0 aromatic carbocycles. The minimum atomic E-state index is 0.337. The van der Waals surface area contributed by atoms with Crippen LogP contribution in [0.25, 0.3) is 0 Å². The maximum Gasteiger partial charge on any atom is 0.0556 e. The summed E-state index contributed by atoms with van der Waals surface area (Å²) in [6.45, 7) is 1.84. The van der Waals surface area contributed by atoms with E-state index < -0.39 is 0 Å². The summed E-state index contributed by atoms with van der Waals surface area (Å²) in [7, 11) is 0. The van der Waals surface area contributed by atoms with Gasteiger partial charge in [-0.3, -0.25) is 11.3 Å². The third-order valence-corrected chi connectivity index (χ3v) is 5.57. The Balaban J connectivity index is 1.67. The molecule has 18 heavy (non-hydrogen) atoms. The van der Waals surface area contributed by atoms with Gasteiger partial charge in [-0.15, -0.1) is 11.3 Å². The van der Waals surface area contributed by atoms with Crippen molar-refractivity contribution in [3.63, 3.8) is 0 Å². The van der Waals surface area contributed by atoms with E-state index in [1.165, 1.54) is 37.0 Å². The quantitative estimate of drug-likeness (QED) is 0.650. The molecule has 3 rings (SSSR count). The smallest absolute Gasteiger partial charge is 0.0556 e. The number of aryl methyl sites for hydroxylation is 2. The lowest BCUT2D eigenvalue weighted by atomic mass is 9.92. The normalized spacial score (nSPS) is 22.1. The van der Waals surface area contributed by atoms with Gasteiger partial charge in [-0.05, 0) is 56.1 Å². The van der Waals surface area contributed by atoms with Crippen molar-refractivity contribution in [2.75, 3.05) is 13.2 Å². The molecule has 1 unspecified atom stereocenters. The zero-order chi connectivity index (χ0) is 12.4. The second-order valence-corrected chi connectivity index (χ2v) is 6.63. The zero-order valence-electron chi connectivity index (χ0n) is 10.8. The Morgan fingerprint density at radius 2 is 2.22 bits per heavy atom. The van der Waals surface area contributed by atoms with Crippen molar-refractivity contribution in [2.45, 2.75) is 44.6 Å². The molecule has 0 radical (unpaired) electrons. The van der Waals surface area contributed by atoms with Gasteiger partial charge in [0.1, 0.15) is 0 Å². The van der Waals surface area contributed by atoms with E-state index in [1.54, 1.807) is 10.4 Å². The molecule has 2 aliphatic rings. The summed E-state index contributed by atoms with van der Waals surface area (Å²) in [5.74, 6) is 6.53. The fourth-order valence-corrected chi connectivity index (χ4v) is 4.44. The molecule has 4 heteroatoms. The number of hydrogen-bond acceptors (Lipinski definition) is 4. The lowest BCUT2D eigenvalue weighted by Gasteiger charge is -2.25. The van der Waals surface area contributed by atoms with Crippen molar-refractivity contribution in [2.24, 2.45) is 11.8 Å². The van der Waals surface area contributed by atoms with Crippen molar-refractivity contribution in [3.05, 3.63) is 21.4 Å². The van der Waals surface area contributed by atoms with Crippen molar-refractivity contribution >= 4 is 11.3 Å². The van der Waals surface area contributed by atoms with Crippen LogP contribution < -0.4 is 11.3 Å². The Labute approximate surface area is 113 Å². The van der Waals surface area contributed by atoms with E-state index in [1.807, 2.05) is 11.3 Å². The summed E-state index contributed by atoms with van der Waals surface area (Å²) in [6.07, 6.45) is 7.39. The van der Waals surface area contributed by atoms with E-state index in [2.05, 4.69) is 11.5 Å². The molecule has 0 saturated carbocycles. The van der Waals surface area contributed by atoms with Gasteiger partial charge in [0, 0.05) is 23.0 Å². The highest BCUT2D eigenvalue weighted by Crippen LogP contribution is 2.36. The number of nitrogens with two attached hydrogens (primary N) is 1. The number of ether oxygens (including phenoxy) is 1. The van der Waals surface area contributed by atoms with Crippen molar-refractivity contribution in [3.8, 4) is 0 Å². The lowest BCUT2D eigenvalue weighted by molar-refractivity contribution is 0.0606. The van der Waals surface area contributed by atoms with Gasteiger partial charge in [-0.25, -0.2) is 0 Å². The SMILES string of the molecule is NNC(CC1CCOCC1)c1cc2c(s1)CCC2. The Hall–Kier alpha value is -0.420. The number of hydrazine groups is 1. The lowest BCUT2D eigenvalue weighted by Crippen LogP contribution is -2.30. The first-order valence-electron chi connectivity index (χ1n) is 7.02. The first-order chi connectivity index (χ1) is 8.86. The number of rotatable bonds is 4. The van der Waals surface area contributed by atoms with E-state index in [0.29, 0.717) is 6.04 Å². The molecule has 0 amide bonds. The van der Waals surface area contributed by atoms with Crippen molar-refractivity contribution < 1.29 is 4.74 Å². The highest BCUT2D eigenvalue weighted by Gasteiger charge is 2.23. The van der Waals surface area contributed by atoms with Crippen molar-refractivity contribution in [1.29, 1.82) is 0 Å². The highest BCUT2D eigenvalue weighted by atomic mass is 32.1. The molecular formula is C14H22N2OS. The topological polar surface area (TPSA) is 47.3 Å². The molecule has 1 aromatic rings. The standard InChI is InChI=1S/C14H22N2OS/c15-16-12(8-10-4-6-17-7-5-10)14-9-11-2-1-3-13(11)18-14/h9-10,12,16H,1-8,15H2. The van der Waals surface area contributed by atoms with Crippen LogP contribution in [0.3, 0.4) is 0 Å². The van der Waals surface area contributed by atoms with E-state index in [-0.39, 0.29) is 0 Å². The molecule has 1 aliphatic heterocycles. The van der Waals surface area contributed by atoms with E-state index >= 15 is 0 Å². The number of hydrogen-bond donors (Lipinski definition) is 2. The predicted octanol–water partition coefficient (Wildman–Crippen LogP) is 2.56. The zero-order valence-corrected chi connectivity index (χ0v) is 11.6. The Kier molecular flexibility index (Phi) is 3.99. The van der Waals surface area contributed by atoms with Crippen molar-refractivity contribution in [1.82, 2.24) is 5.43 Å². The van der Waals surface area contributed by atoms with Gasteiger partial charge in [0.05, 0.1) is 6.04 Å². The Bertz CT molecular complexity index is 377. The van der Waals surface area contributed by atoms with Gasteiger partial charge in [0.15, 0.2) is 0 Å². The maximum atomic E-state index is 5.77. The second-order valence-electron chi connectivity index (χ2n) is 5.46. The third kappa shape index (κ3) is 2.62. The maximum absolute atomic E-state index is 5.77. The van der Waals surface area contributed by atoms with Gasteiger partial charge in [-0.1, -0.05) is 0 Å². The summed E-state index contributed by atoms with van der Waals surface area (Å²) in [6, 6.07) is 2.72. The molecule has 1 aromatic heterocycles. The summed E-state index contributed by atoms with van der Waals surface area (Å²) in [4.78, 5) is 3.03. The predicted molar refractivity (Wildman–Crippen MR) is 74.6 cm³/mol. The van der Waals surface area contributed by atoms with Crippen LogP contribution in [-0.2, 0) is 17.6 Å². The van der Waals surface area contributed by atoms with E-state index in [9.17, 15) is 0 Å². The number of fused-ring (bicyclic) bond motifs is 1. The van der Waals surface area contributed by atoms with Gasteiger partial charge in [0.25, 0.3) is 0 Å². The minimum Gasteiger partial charge on any atom is -0.381 e. The van der Waals surface area contributed by atoms with Crippen LogP contribution in [0.2, 0.25) is 0 Å². The van der Waals surface area contributed by atoms with Crippen LogP contribution >= 0.6 is 11.3 Å². The molecule has 0 bridgehead atoms. The molecule has 1 saturated heterocycles. The van der Waals surface area contributed by atoms with Gasteiger partial charge in [-0.2, -0.15) is 0 Å². The molecular weight excluding hydrogens is 244 g/mol. The molecule has 0 spiro atoms. The summed E-state index contributed by atoms with van der Waals surface area (Å²) >= 11 is 1.97. The first kappa shape index (κ1) is 12.6. The van der Waals surface area contributed by atoms with Crippen LogP contribution in [0.5, 0.6) is 0 Å². The molecule has 1 atom stereocenters. The van der Waals surface area contributed by atoms with Gasteiger partial charge < -0.3 is 4.74 Å². The summed E-state index contributed by atoms with van der Waals surface area (Å²) < 4.78 is 5.42. The van der Waals surface area contributed by atoms with Crippen LogP contribution in [0.4, 0.5) is 0 Å². The van der Waals surface area contributed by atoms with Crippen LogP contribution in [0.1, 0.15) is 47.0 Å². The van der Waals surface area contributed by atoms with Gasteiger partial charge in [0.2, 0.25) is 0 Å². The van der Waals surface area contributed by atoms with Gasteiger partial charge >= 0.3 is 0 Å². The fraction of sp³-hybridized carbons (Fsp3) is 0.714. The van der Waals surface area contributed by atoms with E-state index in [0.717, 1.165) is 25.6 Å². The second kappa shape index (κ2) is 5.70. The largest absolute Gasteiger partial charge is 0.381 e. The average molecular weight is 266 g/mol. The van der Waals surface area contributed by atoms with Crippen LogP contribution in [-0.4, -0.2) is 13.2 Å². The average Bonchev–Trinajstić information content (AvgIpc) is 2.98.